The van der Waals surface area contributed by atoms with Gasteiger partial charge in [-0.15, -0.1) is 12.4 Å². The number of nitrogens with one attached hydrogen (secondary N) is 1. The first-order valence-electron chi connectivity index (χ1n) is 9.93. The lowest BCUT2D eigenvalue weighted by Crippen LogP contribution is -2.42. The lowest BCUT2D eigenvalue weighted by atomic mass is 9.97. The van der Waals surface area contributed by atoms with Crippen LogP contribution in [0.1, 0.15) is 38.7 Å². The van der Waals surface area contributed by atoms with Crippen LogP contribution in [0.2, 0.25) is 0 Å². The van der Waals surface area contributed by atoms with E-state index in [1.54, 1.807) is 12.1 Å². The summed E-state index contributed by atoms with van der Waals surface area (Å²) in [5.74, 6) is 0.730. The number of nitrogens with zero attached hydrogens (tertiary/aromatic N) is 2. The largest absolute Gasteiger partial charge is 0.342 e. The quantitative estimate of drug-likeness (QED) is 0.652. The van der Waals surface area contributed by atoms with Crippen molar-refractivity contribution in [3.05, 3.63) is 29.8 Å². The Kier molecular flexibility index (Phi) is 10.4. The summed E-state index contributed by atoms with van der Waals surface area (Å²) in [4.78, 5) is 14.8. The van der Waals surface area contributed by atoms with Crippen LogP contribution in [0.5, 0.6) is 0 Å². The molecule has 0 aliphatic carbocycles. The minimum atomic E-state index is -3.43. The summed E-state index contributed by atoms with van der Waals surface area (Å²) in [6, 6.07) is 6.95. The summed E-state index contributed by atoms with van der Waals surface area (Å²) in [5, 5.41) is 3.20. The molecular weight excluding hydrogens is 398 g/mol. The summed E-state index contributed by atoms with van der Waals surface area (Å²) >= 11 is 0. The predicted molar refractivity (Wildman–Crippen MR) is 115 cm³/mol. The fourth-order valence-electron chi connectivity index (χ4n) is 3.70. The molecule has 1 aromatic rings. The Labute approximate surface area is 176 Å². The van der Waals surface area contributed by atoms with E-state index in [0.717, 1.165) is 31.6 Å². The summed E-state index contributed by atoms with van der Waals surface area (Å²) < 4.78 is 26.5. The van der Waals surface area contributed by atoms with Gasteiger partial charge in [0, 0.05) is 32.6 Å². The Hall–Kier alpha value is -1.15. The molecule has 8 heteroatoms. The molecule has 1 aliphatic rings. The Morgan fingerprint density at radius 1 is 1.21 bits per heavy atom. The van der Waals surface area contributed by atoms with Crippen LogP contribution < -0.4 is 5.32 Å². The number of hydrogen-bond donors (Lipinski definition) is 1. The van der Waals surface area contributed by atoms with Gasteiger partial charge in [-0.05, 0) is 56.5 Å². The molecule has 1 aromatic carbocycles. The number of rotatable bonds is 9. The van der Waals surface area contributed by atoms with Crippen LogP contribution in [0.25, 0.3) is 0 Å². The third kappa shape index (κ3) is 6.44. The predicted octanol–water partition coefficient (Wildman–Crippen LogP) is 2.53. The third-order valence-electron chi connectivity index (χ3n) is 5.26. The average molecular weight is 432 g/mol. The van der Waals surface area contributed by atoms with Gasteiger partial charge in [0.25, 0.3) is 0 Å². The molecule has 0 aromatic heterocycles. The van der Waals surface area contributed by atoms with Gasteiger partial charge in [-0.3, -0.25) is 4.79 Å². The first-order valence-corrected chi connectivity index (χ1v) is 11.4. The van der Waals surface area contributed by atoms with E-state index in [4.69, 9.17) is 0 Å². The molecule has 0 saturated carbocycles. The van der Waals surface area contributed by atoms with E-state index in [0.29, 0.717) is 36.7 Å². The lowest BCUT2D eigenvalue weighted by molar-refractivity contribution is -0.132. The number of halogens is 1. The van der Waals surface area contributed by atoms with Crippen LogP contribution in [0.4, 0.5) is 0 Å². The summed E-state index contributed by atoms with van der Waals surface area (Å²) in [7, 11) is -1.48. The number of likely N-dealkylation sites (tertiary alicyclic amines) is 1. The minimum Gasteiger partial charge on any atom is -0.342 e. The maximum atomic E-state index is 12.5. The van der Waals surface area contributed by atoms with Gasteiger partial charge in [0.1, 0.15) is 0 Å². The van der Waals surface area contributed by atoms with Crippen molar-refractivity contribution in [2.75, 3.05) is 39.8 Å². The Morgan fingerprint density at radius 2 is 1.86 bits per heavy atom. The highest BCUT2D eigenvalue weighted by Gasteiger charge is 2.23. The van der Waals surface area contributed by atoms with E-state index in [1.807, 2.05) is 37.9 Å². The molecule has 28 heavy (non-hydrogen) atoms. The number of piperidine rings is 1. The summed E-state index contributed by atoms with van der Waals surface area (Å²) in [5.41, 5.74) is 0.991. The van der Waals surface area contributed by atoms with Crippen molar-refractivity contribution in [3.8, 4) is 0 Å². The van der Waals surface area contributed by atoms with Crippen LogP contribution in [-0.2, 0) is 21.2 Å². The van der Waals surface area contributed by atoms with Gasteiger partial charge in [0.05, 0.1) is 4.90 Å². The highest BCUT2D eigenvalue weighted by molar-refractivity contribution is 7.89. The molecule has 1 unspecified atom stereocenters. The zero-order chi connectivity index (χ0) is 19.9. The molecule has 1 fully saturated rings. The zero-order valence-electron chi connectivity index (χ0n) is 17.2. The van der Waals surface area contributed by atoms with Crippen molar-refractivity contribution in [3.63, 3.8) is 0 Å². The van der Waals surface area contributed by atoms with Gasteiger partial charge in [-0.1, -0.05) is 26.0 Å². The summed E-state index contributed by atoms with van der Waals surface area (Å²) in [6.45, 7) is 7.22. The van der Waals surface area contributed by atoms with Gasteiger partial charge in [0.2, 0.25) is 15.9 Å². The maximum Gasteiger partial charge on any atom is 0.243 e. The number of aryl methyl sites for hydroxylation is 1. The lowest BCUT2D eigenvalue weighted by Gasteiger charge is -2.32. The van der Waals surface area contributed by atoms with Crippen LogP contribution in [0.15, 0.2) is 29.2 Å². The van der Waals surface area contributed by atoms with Crippen molar-refractivity contribution >= 4 is 28.3 Å². The van der Waals surface area contributed by atoms with E-state index in [2.05, 4.69) is 5.32 Å². The monoisotopic (exact) mass is 431 g/mol. The van der Waals surface area contributed by atoms with Gasteiger partial charge in [-0.2, -0.15) is 4.31 Å². The van der Waals surface area contributed by atoms with E-state index in [-0.39, 0.29) is 18.3 Å². The van der Waals surface area contributed by atoms with Gasteiger partial charge >= 0.3 is 0 Å². The van der Waals surface area contributed by atoms with Gasteiger partial charge in [0.15, 0.2) is 0 Å². The van der Waals surface area contributed by atoms with Crippen molar-refractivity contribution in [2.24, 2.45) is 5.92 Å². The fraction of sp³-hybridized carbons (Fsp3) is 0.650. The van der Waals surface area contributed by atoms with Crippen molar-refractivity contribution in [2.45, 2.75) is 44.4 Å². The second kappa shape index (κ2) is 11.8. The highest BCUT2D eigenvalue weighted by Crippen LogP contribution is 2.19. The van der Waals surface area contributed by atoms with Gasteiger partial charge < -0.3 is 10.2 Å². The molecular formula is C20H34ClN3O3S. The molecule has 0 bridgehead atoms. The number of carbonyl (C=O) groups excluding carboxylic acids is 1. The van der Waals surface area contributed by atoms with Crippen LogP contribution in [-0.4, -0.2) is 63.3 Å². The molecule has 1 heterocycles. The molecule has 1 N–H and O–H groups in total. The van der Waals surface area contributed by atoms with E-state index < -0.39 is 10.0 Å². The van der Waals surface area contributed by atoms with Crippen molar-refractivity contribution < 1.29 is 13.2 Å². The molecule has 6 nitrogen and oxygen atoms in total. The molecule has 2 rings (SSSR count). The average Bonchev–Trinajstić information content (AvgIpc) is 2.67. The second-order valence-corrected chi connectivity index (χ2v) is 9.08. The highest BCUT2D eigenvalue weighted by atomic mass is 35.5. The Morgan fingerprint density at radius 3 is 2.43 bits per heavy atom. The van der Waals surface area contributed by atoms with Crippen molar-refractivity contribution in [1.29, 1.82) is 0 Å². The first-order chi connectivity index (χ1) is 12.9. The summed E-state index contributed by atoms with van der Waals surface area (Å²) in [6.07, 6.45) is 3.34. The van der Waals surface area contributed by atoms with Crippen LogP contribution in [0.3, 0.4) is 0 Å². The second-order valence-electron chi connectivity index (χ2n) is 7.14. The molecule has 1 saturated heterocycles. The number of sulfonamides is 1. The molecule has 1 amide bonds. The molecule has 1 aliphatic heterocycles. The number of hydrogen-bond acceptors (Lipinski definition) is 4. The molecule has 1 atom stereocenters. The minimum absolute atomic E-state index is 0. The molecule has 160 valence electrons. The fourth-order valence-corrected chi connectivity index (χ4v) is 5.15. The van der Waals surface area contributed by atoms with Crippen LogP contribution >= 0.6 is 12.4 Å². The maximum absolute atomic E-state index is 12.5. The van der Waals surface area contributed by atoms with Gasteiger partial charge in [-0.25, -0.2) is 8.42 Å². The first kappa shape index (κ1) is 24.9. The SMILES string of the molecule is CCN(CC)S(=O)(=O)c1ccc(CCC(=O)N2CCCC(CNC)C2)cc1.Cl. The van der Waals surface area contributed by atoms with E-state index in [1.165, 1.54) is 10.7 Å². The topological polar surface area (TPSA) is 69.7 Å². The molecule has 0 spiro atoms. The zero-order valence-corrected chi connectivity index (χ0v) is 18.8. The van der Waals surface area contributed by atoms with E-state index in [9.17, 15) is 13.2 Å². The molecule has 0 radical (unpaired) electrons. The smallest absolute Gasteiger partial charge is 0.243 e. The van der Waals surface area contributed by atoms with E-state index >= 15 is 0 Å². The normalized spacial score (nSPS) is 17.4. The van der Waals surface area contributed by atoms with Crippen LogP contribution in [0, 0.1) is 5.92 Å². The number of benzene rings is 1. The Bertz CT molecular complexity index is 704. The van der Waals surface area contributed by atoms with Crippen molar-refractivity contribution in [1.82, 2.24) is 14.5 Å². The number of amides is 1. The third-order valence-corrected chi connectivity index (χ3v) is 7.32. The Balaban J connectivity index is 0.00000392. The standard InChI is InChI=1S/C20H33N3O3S.ClH/c1-4-23(5-2)27(25,26)19-11-8-17(9-12-19)10-13-20(24)22-14-6-7-18(16-22)15-21-3;/h8-9,11-12,18,21H,4-7,10,13-16H2,1-3H3;1H. The number of carbonyl (C=O) groups is 1.